The van der Waals surface area contributed by atoms with E-state index in [-0.39, 0.29) is 16.9 Å². The van der Waals surface area contributed by atoms with Gasteiger partial charge in [0.2, 0.25) is 0 Å². The number of hydrogen-bond donors (Lipinski definition) is 0. The Kier molecular flexibility index (Phi) is 6.18. The summed E-state index contributed by atoms with van der Waals surface area (Å²) in [5.41, 5.74) is -0.0727. The van der Waals surface area contributed by atoms with Gasteiger partial charge in [0, 0.05) is 0 Å². The molecule has 1 heterocycles. The van der Waals surface area contributed by atoms with E-state index >= 15 is 0 Å². The number of benzene rings is 2. The van der Waals surface area contributed by atoms with Crippen LogP contribution in [0.25, 0.3) is 11.1 Å². The van der Waals surface area contributed by atoms with Crippen molar-refractivity contribution in [1.82, 2.24) is 4.57 Å². The number of nitro benzene ring substituents is 1. The Morgan fingerprint density at radius 1 is 1.26 bits per heavy atom. The van der Waals surface area contributed by atoms with Crippen molar-refractivity contribution in [3.8, 4) is 11.5 Å². The van der Waals surface area contributed by atoms with E-state index in [2.05, 4.69) is 4.74 Å². The quantitative estimate of drug-likeness (QED) is 0.298. The van der Waals surface area contributed by atoms with Crippen LogP contribution in [-0.4, -0.2) is 29.2 Å². The van der Waals surface area contributed by atoms with Crippen molar-refractivity contribution in [1.29, 1.82) is 0 Å². The van der Waals surface area contributed by atoms with E-state index in [0.29, 0.717) is 5.52 Å². The van der Waals surface area contributed by atoms with Crippen molar-refractivity contribution >= 4 is 22.8 Å². The fraction of sp³-hybridized carbons (Fsp3) is 0.263. The predicted molar refractivity (Wildman–Crippen MR) is 101 cm³/mol. The molecule has 0 bridgehead atoms. The number of nitro groups is 1. The van der Waals surface area contributed by atoms with Crippen LogP contribution in [0.1, 0.15) is 18.5 Å². The number of fused-ring (bicyclic) bond motifs is 1. The lowest BCUT2D eigenvalue weighted by Gasteiger charge is -2.14. The van der Waals surface area contributed by atoms with E-state index < -0.39 is 47.3 Å². The van der Waals surface area contributed by atoms with Gasteiger partial charge in [0.1, 0.15) is 12.6 Å². The Bertz CT molecular complexity index is 1190. The first kappa shape index (κ1) is 21.7. The zero-order valence-electron chi connectivity index (χ0n) is 16.2. The molecule has 0 fully saturated rings. The number of methoxy groups -OCH3 is 1. The van der Waals surface area contributed by atoms with Crippen LogP contribution in [-0.2, 0) is 16.1 Å². The normalized spacial score (nSPS) is 12.0. The van der Waals surface area contributed by atoms with Crippen molar-refractivity contribution in [2.75, 3.05) is 7.11 Å². The Labute approximate surface area is 172 Å². The van der Waals surface area contributed by atoms with Crippen LogP contribution in [0.2, 0.25) is 0 Å². The first-order chi connectivity index (χ1) is 14.7. The van der Waals surface area contributed by atoms with Gasteiger partial charge in [0.05, 0.1) is 29.2 Å². The number of aromatic nitrogens is 1. The number of ether oxygens (including phenoxy) is 3. The number of hydrogen-bond acceptors (Lipinski definition) is 8. The largest absolute Gasteiger partial charge is 0.493 e. The molecule has 0 saturated carbocycles. The summed E-state index contributed by atoms with van der Waals surface area (Å²) in [4.78, 5) is 35.1. The van der Waals surface area contributed by atoms with Gasteiger partial charge in [-0.1, -0.05) is 12.1 Å². The molecule has 1 aromatic heterocycles. The second-order valence-corrected chi connectivity index (χ2v) is 6.26. The molecule has 0 spiro atoms. The van der Waals surface area contributed by atoms with Gasteiger partial charge in [0.15, 0.2) is 17.1 Å². The van der Waals surface area contributed by atoms with Crippen molar-refractivity contribution in [3.63, 3.8) is 0 Å². The van der Waals surface area contributed by atoms with Gasteiger partial charge >= 0.3 is 18.3 Å². The van der Waals surface area contributed by atoms with Gasteiger partial charge in [0.25, 0.3) is 5.69 Å². The molecule has 0 saturated heterocycles. The Hall–Kier alpha value is -3.96. The molecule has 164 valence electrons. The molecule has 0 aliphatic carbocycles. The minimum absolute atomic E-state index is 0.117. The number of para-hydroxylation sites is 2. The minimum Gasteiger partial charge on any atom is -0.493 e. The first-order valence-corrected chi connectivity index (χ1v) is 8.79. The molecule has 0 N–H and O–H groups in total. The maximum atomic E-state index is 12.5. The highest BCUT2D eigenvalue weighted by Gasteiger charge is 2.26. The number of carbonyl (C=O) groups is 1. The Morgan fingerprint density at radius 2 is 1.97 bits per heavy atom. The van der Waals surface area contributed by atoms with Crippen LogP contribution in [0.15, 0.2) is 45.6 Å². The lowest BCUT2D eigenvalue weighted by atomic mass is 10.1. The van der Waals surface area contributed by atoms with Crippen LogP contribution in [0, 0.1) is 10.1 Å². The Balaban J connectivity index is 1.85. The maximum absolute atomic E-state index is 12.5. The van der Waals surface area contributed by atoms with Crippen LogP contribution in [0.5, 0.6) is 11.5 Å². The third-order valence-corrected chi connectivity index (χ3v) is 4.39. The highest BCUT2D eigenvalue weighted by molar-refractivity contribution is 5.79. The lowest BCUT2D eigenvalue weighted by Crippen LogP contribution is -2.26. The van der Waals surface area contributed by atoms with E-state index in [9.17, 15) is 28.5 Å². The molecule has 2 aromatic carbocycles. The summed E-state index contributed by atoms with van der Waals surface area (Å²) >= 11 is 0. The monoisotopic (exact) mass is 438 g/mol. The summed E-state index contributed by atoms with van der Waals surface area (Å²) in [6, 6.07) is 7.18. The van der Waals surface area contributed by atoms with Crippen molar-refractivity contribution < 1.29 is 37.1 Å². The zero-order valence-corrected chi connectivity index (χ0v) is 16.2. The molecular weight excluding hydrogens is 422 g/mol. The van der Waals surface area contributed by atoms with E-state index in [0.717, 1.165) is 23.8 Å². The zero-order chi connectivity index (χ0) is 22.7. The molecule has 12 heteroatoms. The second kappa shape index (κ2) is 8.81. The average molecular weight is 438 g/mol. The molecule has 1 unspecified atom stereocenters. The van der Waals surface area contributed by atoms with Crippen LogP contribution in [0.4, 0.5) is 14.5 Å². The molecular formula is C19H16F2N2O8. The van der Waals surface area contributed by atoms with Crippen molar-refractivity contribution in [2.45, 2.75) is 26.2 Å². The molecule has 1 atom stereocenters. The minimum atomic E-state index is -3.22. The van der Waals surface area contributed by atoms with Gasteiger partial charge in [-0.3, -0.25) is 14.7 Å². The molecule has 0 radical (unpaired) electrons. The van der Waals surface area contributed by atoms with E-state index in [4.69, 9.17) is 13.9 Å². The fourth-order valence-electron chi connectivity index (χ4n) is 2.95. The third-order valence-electron chi connectivity index (χ3n) is 4.39. The molecule has 10 nitrogen and oxygen atoms in total. The highest BCUT2D eigenvalue weighted by Crippen LogP contribution is 2.36. The van der Waals surface area contributed by atoms with E-state index in [1.807, 2.05) is 0 Å². The Morgan fingerprint density at radius 3 is 2.61 bits per heavy atom. The summed E-state index contributed by atoms with van der Waals surface area (Å²) in [7, 11) is 1.16. The molecule has 0 aliphatic heterocycles. The van der Waals surface area contributed by atoms with E-state index in [1.54, 1.807) is 24.3 Å². The lowest BCUT2D eigenvalue weighted by molar-refractivity contribution is -0.386. The number of rotatable bonds is 8. The summed E-state index contributed by atoms with van der Waals surface area (Å²) < 4.78 is 45.5. The number of halogens is 2. The summed E-state index contributed by atoms with van der Waals surface area (Å²) in [5, 5.41) is 11.3. The van der Waals surface area contributed by atoms with Gasteiger partial charge in [-0.25, -0.2) is 9.59 Å². The second-order valence-electron chi connectivity index (χ2n) is 6.26. The third kappa shape index (κ3) is 4.47. The summed E-state index contributed by atoms with van der Waals surface area (Å²) in [6.07, 6.45) is 0. The van der Waals surface area contributed by atoms with E-state index in [1.165, 1.54) is 6.92 Å². The van der Waals surface area contributed by atoms with Crippen LogP contribution >= 0.6 is 0 Å². The SMILES string of the molecule is COc1cc(COC(=O)C(C)n2c(=O)oc3ccccc32)c([N+](=O)[O-])cc1OC(F)F. The molecule has 3 rings (SSSR count). The molecule has 3 aromatic rings. The smallest absolute Gasteiger partial charge is 0.420 e. The maximum Gasteiger partial charge on any atom is 0.420 e. The van der Waals surface area contributed by atoms with Crippen LogP contribution in [0.3, 0.4) is 0 Å². The van der Waals surface area contributed by atoms with Crippen molar-refractivity contribution in [2.24, 2.45) is 0 Å². The number of nitrogens with zero attached hydrogens (tertiary/aromatic N) is 2. The number of carbonyl (C=O) groups excluding carboxylic acids is 1. The van der Waals surface area contributed by atoms with Gasteiger partial charge in [-0.05, 0) is 25.1 Å². The molecule has 31 heavy (non-hydrogen) atoms. The fourth-order valence-corrected chi connectivity index (χ4v) is 2.95. The van der Waals surface area contributed by atoms with Crippen molar-refractivity contribution in [3.05, 3.63) is 62.6 Å². The number of alkyl halides is 2. The highest BCUT2D eigenvalue weighted by atomic mass is 19.3. The predicted octanol–water partition coefficient (Wildman–Crippen LogP) is 3.42. The number of oxazole rings is 1. The summed E-state index contributed by atoms with van der Waals surface area (Å²) in [6.45, 7) is -2.39. The average Bonchev–Trinajstić information content (AvgIpc) is 3.06. The summed E-state index contributed by atoms with van der Waals surface area (Å²) in [5.74, 6) is -2.38. The van der Waals surface area contributed by atoms with Gasteiger partial charge < -0.3 is 18.6 Å². The number of esters is 1. The first-order valence-electron chi connectivity index (χ1n) is 8.79. The standard InChI is InChI=1S/C19H16F2N2O8/c1-10(22-12-5-3-4-6-14(12)31-19(22)25)17(24)29-9-11-7-15(28-2)16(30-18(20)21)8-13(11)23(26)27/h3-8,10,18H,9H2,1-2H3. The van der Waals surface area contributed by atoms with Gasteiger partial charge in [-0.15, -0.1) is 0 Å². The van der Waals surface area contributed by atoms with Crippen LogP contribution < -0.4 is 15.2 Å². The topological polar surface area (TPSA) is 123 Å². The van der Waals surface area contributed by atoms with Gasteiger partial charge in [-0.2, -0.15) is 8.78 Å². The molecule has 0 amide bonds. The molecule has 0 aliphatic rings.